The van der Waals surface area contributed by atoms with Crippen molar-refractivity contribution in [2.75, 3.05) is 6.61 Å². The van der Waals surface area contributed by atoms with Crippen LogP contribution in [-0.2, 0) is 10.3 Å². The summed E-state index contributed by atoms with van der Waals surface area (Å²) in [5.41, 5.74) is 0.216. The SMILES string of the molecule is CC1(c2cc3cc(Br)ccc3o2)COC(=O)N1. The van der Waals surface area contributed by atoms with E-state index in [0.717, 1.165) is 15.4 Å². The predicted octanol–water partition coefficient (Wildman–Crippen LogP) is 3.15. The minimum absolute atomic E-state index is 0.285. The Morgan fingerprint density at radius 3 is 2.94 bits per heavy atom. The van der Waals surface area contributed by atoms with Crippen LogP contribution in [0.5, 0.6) is 0 Å². The molecule has 1 atom stereocenters. The molecule has 0 bridgehead atoms. The van der Waals surface area contributed by atoms with Gasteiger partial charge in [-0.2, -0.15) is 0 Å². The number of ether oxygens (including phenoxy) is 1. The van der Waals surface area contributed by atoms with Gasteiger partial charge in [-0.15, -0.1) is 0 Å². The summed E-state index contributed by atoms with van der Waals surface area (Å²) in [7, 11) is 0. The Morgan fingerprint density at radius 1 is 1.41 bits per heavy atom. The zero-order chi connectivity index (χ0) is 12.0. The number of benzene rings is 1. The minimum atomic E-state index is -0.581. The van der Waals surface area contributed by atoms with E-state index in [2.05, 4.69) is 21.2 Å². The number of nitrogens with one attached hydrogen (secondary N) is 1. The average molecular weight is 296 g/mol. The minimum Gasteiger partial charge on any atom is -0.458 e. The van der Waals surface area contributed by atoms with Crippen molar-refractivity contribution >= 4 is 33.0 Å². The highest BCUT2D eigenvalue weighted by molar-refractivity contribution is 9.10. The Kier molecular flexibility index (Phi) is 2.19. The lowest BCUT2D eigenvalue weighted by atomic mass is 10.0. The van der Waals surface area contributed by atoms with Crippen molar-refractivity contribution in [2.45, 2.75) is 12.5 Å². The topological polar surface area (TPSA) is 51.5 Å². The van der Waals surface area contributed by atoms with Crippen LogP contribution in [0.25, 0.3) is 11.0 Å². The van der Waals surface area contributed by atoms with E-state index in [4.69, 9.17) is 9.15 Å². The third-order valence-corrected chi connectivity index (χ3v) is 3.39. The van der Waals surface area contributed by atoms with Crippen molar-refractivity contribution in [1.82, 2.24) is 5.32 Å². The molecule has 1 aliphatic rings. The number of carbonyl (C=O) groups is 1. The number of hydrogen-bond acceptors (Lipinski definition) is 3. The molecule has 1 N–H and O–H groups in total. The smallest absolute Gasteiger partial charge is 0.408 e. The summed E-state index contributed by atoms with van der Waals surface area (Å²) in [5.74, 6) is 0.705. The van der Waals surface area contributed by atoms with Crippen LogP contribution in [0.4, 0.5) is 4.79 Å². The first-order chi connectivity index (χ1) is 8.07. The van der Waals surface area contributed by atoms with E-state index >= 15 is 0 Å². The Morgan fingerprint density at radius 2 is 2.24 bits per heavy atom. The summed E-state index contributed by atoms with van der Waals surface area (Å²) in [6.45, 7) is 2.16. The van der Waals surface area contributed by atoms with Crippen LogP contribution in [-0.4, -0.2) is 12.7 Å². The third kappa shape index (κ3) is 1.70. The Hall–Kier alpha value is -1.49. The summed E-state index contributed by atoms with van der Waals surface area (Å²) >= 11 is 3.41. The molecule has 0 aliphatic carbocycles. The van der Waals surface area contributed by atoms with E-state index in [9.17, 15) is 4.79 Å². The van der Waals surface area contributed by atoms with Crippen molar-refractivity contribution in [3.63, 3.8) is 0 Å². The number of fused-ring (bicyclic) bond motifs is 1. The first-order valence-electron chi connectivity index (χ1n) is 5.21. The van der Waals surface area contributed by atoms with Gasteiger partial charge in [0.15, 0.2) is 0 Å². The number of furan rings is 1. The van der Waals surface area contributed by atoms with Gasteiger partial charge in [-0.3, -0.25) is 0 Å². The van der Waals surface area contributed by atoms with Crippen molar-refractivity contribution in [1.29, 1.82) is 0 Å². The molecule has 3 rings (SSSR count). The number of halogens is 1. The molecule has 1 amide bonds. The zero-order valence-corrected chi connectivity index (χ0v) is 10.7. The first kappa shape index (κ1) is 10.7. The molecule has 1 fully saturated rings. The highest BCUT2D eigenvalue weighted by Crippen LogP contribution is 2.31. The highest BCUT2D eigenvalue weighted by atomic mass is 79.9. The quantitative estimate of drug-likeness (QED) is 0.879. The maximum Gasteiger partial charge on any atom is 0.408 e. The van der Waals surface area contributed by atoms with Crippen molar-refractivity contribution in [2.24, 2.45) is 0 Å². The van der Waals surface area contributed by atoms with Gasteiger partial charge in [-0.25, -0.2) is 4.79 Å². The summed E-state index contributed by atoms with van der Waals surface area (Å²) in [5, 5.41) is 3.75. The summed E-state index contributed by atoms with van der Waals surface area (Å²) < 4.78 is 11.7. The molecule has 0 saturated carbocycles. The molecular formula is C12H10BrNO3. The van der Waals surface area contributed by atoms with Gasteiger partial charge in [0.05, 0.1) is 0 Å². The molecule has 1 unspecified atom stereocenters. The molecule has 0 radical (unpaired) electrons. The molecule has 1 aliphatic heterocycles. The fourth-order valence-corrected chi connectivity index (χ4v) is 2.30. The second-order valence-electron chi connectivity index (χ2n) is 4.33. The van der Waals surface area contributed by atoms with Crippen LogP contribution in [0.15, 0.2) is 33.2 Å². The summed E-state index contributed by atoms with van der Waals surface area (Å²) in [6.07, 6.45) is -0.408. The zero-order valence-electron chi connectivity index (χ0n) is 9.12. The van der Waals surface area contributed by atoms with Gasteiger partial charge in [0.1, 0.15) is 23.5 Å². The largest absolute Gasteiger partial charge is 0.458 e. The predicted molar refractivity (Wildman–Crippen MR) is 65.7 cm³/mol. The fourth-order valence-electron chi connectivity index (χ4n) is 1.93. The third-order valence-electron chi connectivity index (χ3n) is 2.89. The number of amides is 1. The van der Waals surface area contributed by atoms with E-state index in [1.807, 2.05) is 31.2 Å². The van der Waals surface area contributed by atoms with Gasteiger partial charge in [-0.05, 0) is 31.2 Å². The number of carbonyl (C=O) groups excluding carboxylic acids is 1. The molecule has 1 aromatic heterocycles. The lowest BCUT2D eigenvalue weighted by Crippen LogP contribution is -2.36. The van der Waals surface area contributed by atoms with E-state index < -0.39 is 11.6 Å². The molecular weight excluding hydrogens is 286 g/mol. The van der Waals surface area contributed by atoms with Crippen LogP contribution in [0.3, 0.4) is 0 Å². The van der Waals surface area contributed by atoms with Crippen LogP contribution >= 0.6 is 15.9 Å². The monoisotopic (exact) mass is 295 g/mol. The maximum absolute atomic E-state index is 11.1. The molecule has 2 heterocycles. The van der Waals surface area contributed by atoms with Gasteiger partial charge in [-0.1, -0.05) is 15.9 Å². The number of cyclic esters (lactones) is 1. The van der Waals surface area contributed by atoms with E-state index in [0.29, 0.717) is 5.76 Å². The van der Waals surface area contributed by atoms with Crippen molar-refractivity contribution < 1.29 is 13.9 Å². The van der Waals surface area contributed by atoms with Gasteiger partial charge < -0.3 is 14.5 Å². The van der Waals surface area contributed by atoms with Crippen molar-refractivity contribution in [3.8, 4) is 0 Å². The highest BCUT2D eigenvalue weighted by Gasteiger charge is 2.39. The normalized spacial score (nSPS) is 23.8. The Labute approximate surface area is 106 Å². The van der Waals surface area contributed by atoms with Crippen LogP contribution < -0.4 is 5.32 Å². The molecule has 2 aromatic rings. The van der Waals surface area contributed by atoms with Crippen LogP contribution in [0, 0.1) is 0 Å². The first-order valence-corrected chi connectivity index (χ1v) is 6.01. The lowest BCUT2D eigenvalue weighted by Gasteiger charge is -2.17. The lowest BCUT2D eigenvalue weighted by molar-refractivity contribution is 0.171. The van der Waals surface area contributed by atoms with E-state index in [1.54, 1.807) is 0 Å². The van der Waals surface area contributed by atoms with E-state index in [1.165, 1.54) is 0 Å². The Balaban J connectivity index is 2.09. The number of alkyl carbamates (subject to hydrolysis) is 1. The molecule has 4 nitrogen and oxygen atoms in total. The number of rotatable bonds is 1. The molecule has 1 aromatic carbocycles. The summed E-state index contributed by atoms with van der Waals surface area (Å²) in [4.78, 5) is 11.1. The van der Waals surface area contributed by atoms with E-state index in [-0.39, 0.29) is 6.61 Å². The van der Waals surface area contributed by atoms with Crippen LogP contribution in [0.1, 0.15) is 12.7 Å². The number of hydrogen-bond donors (Lipinski definition) is 1. The molecule has 5 heteroatoms. The standard InChI is InChI=1S/C12H10BrNO3/c1-12(6-16-11(15)14-12)10-5-7-4-8(13)2-3-9(7)17-10/h2-5H,6H2,1H3,(H,14,15). The van der Waals surface area contributed by atoms with Gasteiger partial charge in [0.25, 0.3) is 0 Å². The molecule has 1 saturated heterocycles. The molecule has 88 valence electrons. The fraction of sp³-hybridized carbons (Fsp3) is 0.250. The second kappa shape index (κ2) is 3.50. The van der Waals surface area contributed by atoms with Gasteiger partial charge >= 0.3 is 6.09 Å². The van der Waals surface area contributed by atoms with Gasteiger partial charge in [0.2, 0.25) is 0 Å². The van der Waals surface area contributed by atoms with Gasteiger partial charge in [0, 0.05) is 9.86 Å². The van der Waals surface area contributed by atoms with Crippen LogP contribution in [0.2, 0.25) is 0 Å². The Bertz CT molecular complexity index is 607. The molecule has 17 heavy (non-hydrogen) atoms. The summed E-state index contributed by atoms with van der Waals surface area (Å²) in [6, 6.07) is 7.71. The maximum atomic E-state index is 11.1. The average Bonchev–Trinajstić information content (AvgIpc) is 2.83. The second-order valence-corrected chi connectivity index (χ2v) is 5.24. The molecule has 0 spiro atoms. The van der Waals surface area contributed by atoms with Crippen molar-refractivity contribution in [3.05, 3.63) is 34.5 Å².